The minimum Gasteiger partial charge on any atom is -0.397 e. The first kappa shape index (κ1) is 9.51. The van der Waals surface area contributed by atoms with Gasteiger partial charge in [-0.3, -0.25) is 0 Å². The molecule has 4 aliphatic carbocycles. The molecule has 1 nitrogen and oxygen atoms in total. The topological polar surface area (TPSA) is 20.2 Å². The van der Waals surface area contributed by atoms with Crippen molar-refractivity contribution >= 4 is 0 Å². The fourth-order valence-corrected chi connectivity index (χ4v) is 4.21. The van der Waals surface area contributed by atoms with Gasteiger partial charge >= 0.3 is 0 Å². The lowest BCUT2D eigenvalue weighted by molar-refractivity contribution is 0.200. The Hall–Kier alpha value is -0.0400. The molecule has 2 unspecified atom stereocenters. The molecule has 4 fully saturated rings. The molecule has 13 heavy (non-hydrogen) atoms. The van der Waals surface area contributed by atoms with Gasteiger partial charge in [0.1, 0.15) is 0 Å². The zero-order valence-corrected chi connectivity index (χ0v) is 9.30. The molecule has 0 heterocycles. The lowest BCUT2D eigenvalue weighted by Crippen LogP contribution is -2.22. The second kappa shape index (κ2) is 2.50. The van der Waals surface area contributed by atoms with Gasteiger partial charge in [-0.1, -0.05) is 20.8 Å². The van der Waals surface area contributed by atoms with Gasteiger partial charge in [0, 0.05) is 6.61 Å². The average molecular weight is 182 g/mol. The van der Waals surface area contributed by atoms with Crippen LogP contribution in [0.2, 0.25) is 0 Å². The van der Waals surface area contributed by atoms with Crippen molar-refractivity contribution in [2.24, 2.45) is 28.6 Å². The average Bonchev–Trinajstić information content (AvgIpc) is 2.42. The maximum atomic E-state index is 7.57. The van der Waals surface area contributed by atoms with Gasteiger partial charge < -0.3 is 5.11 Å². The molecule has 0 aromatic rings. The van der Waals surface area contributed by atoms with E-state index >= 15 is 0 Å². The number of aliphatic hydroxyl groups excluding tert-OH is 1. The molecule has 1 N–H and O–H groups in total. The van der Waals surface area contributed by atoms with E-state index in [1.54, 1.807) is 19.8 Å². The molecule has 4 aliphatic rings. The first-order valence-electron chi connectivity index (χ1n) is 5.61. The molecular formula is C12H22O. The highest BCUT2D eigenvalue weighted by Crippen LogP contribution is 2.85. The van der Waals surface area contributed by atoms with Crippen LogP contribution >= 0.6 is 0 Å². The fraction of sp³-hybridized carbons (Fsp3) is 1.00. The Morgan fingerprint density at radius 3 is 1.62 bits per heavy atom. The molecule has 1 heteroatoms. The highest BCUT2D eigenvalue weighted by atomic mass is 16.2. The Labute approximate surface area is 81.5 Å². The Bertz CT molecular complexity index is 204. The Morgan fingerprint density at radius 1 is 1.15 bits per heavy atom. The van der Waals surface area contributed by atoms with Gasteiger partial charge in [-0.15, -0.1) is 0 Å². The van der Waals surface area contributed by atoms with Gasteiger partial charge in [0.25, 0.3) is 0 Å². The lowest BCUT2D eigenvalue weighted by Gasteiger charge is -2.28. The smallest absolute Gasteiger partial charge is 0.0402 e. The first-order valence-corrected chi connectivity index (χ1v) is 5.61. The summed E-state index contributed by atoms with van der Waals surface area (Å²) in [5.74, 6) is 3.38. The van der Waals surface area contributed by atoms with Crippen LogP contribution in [0.4, 0.5) is 0 Å². The van der Waals surface area contributed by atoms with Crippen LogP contribution < -0.4 is 0 Å². The molecule has 4 rings (SSSR count). The number of hydrogen-bond acceptors (Lipinski definition) is 1. The van der Waals surface area contributed by atoms with Gasteiger partial charge in [-0.2, -0.15) is 0 Å². The molecule has 0 saturated heterocycles. The second-order valence-electron chi connectivity index (χ2n) is 5.70. The van der Waals surface area contributed by atoms with Crippen LogP contribution in [-0.2, 0) is 0 Å². The van der Waals surface area contributed by atoms with E-state index in [1.165, 1.54) is 0 Å². The van der Waals surface area contributed by atoms with E-state index < -0.39 is 0 Å². The molecule has 0 aromatic heterocycles. The molecule has 2 atom stereocenters. The summed E-state index contributed by atoms with van der Waals surface area (Å²) in [6.45, 7) is 9.44. The monoisotopic (exact) mass is 182 g/mol. The summed E-state index contributed by atoms with van der Waals surface area (Å²) in [6.07, 6.45) is 3.13. The lowest BCUT2D eigenvalue weighted by atomic mass is 9.76. The van der Waals surface area contributed by atoms with E-state index in [2.05, 4.69) is 20.8 Å². The van der Waals surface area contributed by atoms with Crippen LogP contribution in [0.5, 0.6) is 0 Å². The van der Waals surface area contributed by atoms with Crippen LogP contribution in [0.15, 0.2) is 0 Å². The van der Waals surface area contributed by atoms with E-state index in [1.807, 2.05) is 0 Å². The van der Waals surface area contributed by atoms with Gasteiger partial charge in [-0.05, 0) is 48.3 Å². The van der Waals surface area contributed by atoms with Crippen molar-refractivity contribution in [2.75, 3.05) is 6.61 Å². The zero-order valence-electron chi connectivity index (χ0n) is 9.30. The minimum absolute atomic E-state index is 0.250. The molecule has 0 amide bonds. The van der Waals surface area contributed by atoms with Crippen molar-refractivity contribution in [1.82, 2.24) is 0 Å². The van der Waals surface area contributed by atoms with Crippen LogP contribution in [0, 0.1) is 28.6 Å². The zero-order chi connectivity index (χ0) is 9.85. The van der Waals surface area contributed by atoms with Crippen molar-refractivity contribution < 1.29 is 5.11 Å². The largest absolute Gasteiger partial charge is 0.397 e. The van der Waals surface area contributed by atoms with Gasteiger partial charge in [0.2, 0.25) is 0 Å². The van der Waals surface area contributed by atoms with Gasteiger partial charge in [0.15, 0.2) is 0 Å². The molecule has 0 radical (unpaired) electrons. The predicted molar refractivity (Wildman–Crippen MR) is 54.4 cm³/mol. The predicted octanol–water partition coefficient (Wildman–Crippen LogP) is 2.69. The summed E-state index contributed by atoms with van der Waals surface area (Å²) >= 11 is 0. The second-order valence-corrected chi connectivity index (χ2v) is 5.70. The third-order valence-corrected chi connectivity index (χ3v) is 5.40. The van der Waals surface area contributed by atoms with Gasteiger partial charge in [-0.25, -0.2) is 0 Å². The maximum absolute atomic E-state index is 7.57. The Balaban J connectivity index is 0.000000196. The summed E-state index contributed by atoms with van der Waals surface area (Å²) in [6, 6.07) is 0. The molecule has 0 spiro atoms. The van der Waals surface area contributed by atoms with Crippen molar-refractivity contribution in [3.8, 4) is 0 Å². The quantitative estimate of drug-likeness (QED) is 0.610. The molecular weight excluding hydrogens is 160 g/mol. The minimum atomic E-state index is 0.250. The van der Waals surface area contributed by atoms with Crippen LogP contribution in [0.25, 0.3) is 0 Å². The van der Waals surface area contributed by atoms with Crippen LogP contribution in [-0.4, -0.2) is 11.7 Å². The summed E-state index contributed by atoms with van der Waals surface area (Å²) in [5, 5.41) is 7.57. The maximum Gasteiger partial charge on any atom is 0.0402 e. The number of rotatable bonds is 0. The number of hydrogen-bond donors (Lipinski definition) is 1. The molecule has 76 valence electrons. The fourth-order valence-electron chi connectivity index (χ4n) is 4.21. The van der Waals surface area contributed by atoms with E-state index in [4.69, 9.17) is 5.11 Å². The third-order valence-electron chi connectivity index (χ3n) is 5.40. The van der Waals surface area contributed by atoms with Crippen molar-refractivity contribution in [2.45, 2.75) is 40.5 Å². The van der Waals surface area contributed by atoms with E-state index in [-0.39, 0.29) is 6.61 Å². The summed E-state index contributed by atoms with van der Waals surface area (Å²) in [4.78, 5) is 0. The summed E-state index contributed by atoms with van der Waals surface area (Å²) < 4.78 is 0. The van der Waals surface area contributed by atoms with E-state index in [0.29, 0.717) is 5.41 Å². The van der Waals surface area contributed by atoms with E-state index in [9.17, 15) is 0 Å². The van der Waals surface area contributed by atoms with Crippen LogP contribution in [0.1, 0.15) is 40.5 Å². The summed E-state index contributed by atoms with van der Waals surface area (Å²) in [5.41, 5.74) is 1.49. The Kier molecular flexibility index (Phi) is 1.83. The van der Waals surface area contributed by atoms with Crippen LogP contribution in [0.3, 0.4) is 0 Å². The SMILES string of the molecule is CC1(C)C2CC3C(C2)C31C.CCO. The normalized spacial score (nSPS) is 52.8. The van der Waals surface area contributed by atoms with Crippen molar-refractivity contribution in [1.29, 1.82) is 0 Å². The Morgan fingerprint density at radius 2 is 1.54 bits per heavy atom. The van der Waals surface area contributed by atoms with E-state index in [0.717, 1.165) is 23.2 Å². The molecule has 4 saturated carbocycles. The highest BCUT2D eigenvalue weighted by molar-refractivity contribution is 5.27. The van der Waals surface area contributed by atoms with Crippen molar-refractivity contribution in [3.05, 3.63) is 0 Å². The molecule has 4 bridgehead atoms. The van der Waals surface area contributed by atoms with Gasteiger partial charge in [0.05, 0.1) is 0 Å². The molecule has 0 aliphatic heterocycles. The standard InChI is InChI=1S/C10H16.C2H6O/c1-9(2)6-4-7-8(5-6)10(7,9)3;1-2-3/h6-8H,4-5H2,1-3H3;3H,2H2,1H3. The third kappa shape index (κ3) is 0.869. The summed E-state index contributed by atoms with van der Waals surface area (Å²) in [7, 11) is 0. The first-order chi connectivity index (χ1) is 6.00. The molecule has 0 aromatic carbocycles. The van der Waals surface area contributed by atoms with Crippen molar-refractivity contribution in [3.63, 3.8) is 0 Å². The number of aliphatic hydroxyl groups is 1. The highest BCUT2D eigenvalue weighted by Gasteiger charge is 2.79.